The topological polar surface area (TPSA) is 245 Å². The summed E-state index contributed by atoms with van der Waals surface area (Å²) in [5, 5.41) is 21.4. The Morgan fingerprint density at radius 3 is 2.16 bits per heavy atom. The average molecular weight is 886 g/mol. The van der Waals surface area contributed by atoms with E-state index in [1.807, 2.05) is 60.6 Å². The number of aliphatic carboxylic acids is 1. The van der Waals surface area contributed by atoms with E-state index in [1.165, 1.54) is 12.1 Å². The maximum absolute atomic E-state index is 12.2. The molecule has 20 heteroatoms. The number of carbonyl (C=O) groups is 1. The van der Waals surface area contributed by atoms with Gasteiger partial charge < -0.3 is 10.0 Å². The van der Waals surface area contributed by atoms with E-state index < -0.39 is 58.7 Å². The second kappa shape index (κ2) is 19.6. The van der Waals surface area contributed by atoms with Gasteiger partial charge in [-0.3, -0.25) is 18.5 Å². The van der Waals surface area contributed by atoms with Gasteiger partial charge in [-0.25, -0.2) is 5.26 Å². The van der Waals surface area contributed by atoms with Gasteiger partial charge in [-0.15, -0.1) is 4.33 Å². The molecular weight excluding hydrogens is 837 g/mol. The summed E-state index contributed by atoms with van der Waals surface area (Å²) in [4.78, 5) is 13.3. The molecule has 58 heavy (non-hydrogen) atoms. The zero-order valence-electron chi connectivity index (χ0n) is 32.2. The van der Waals surface area contributed by atoms with Gasteiger partial charge in [-0.1, -0.05) is 48.3 Å². The molecule has 0 radical (unpaired) electrons. The van der Waals surface area contributed by atoms with Crippen LogP contribution in [0.15, 0.2) is 94.4 Å². The molecule has 2 aromatic carbocycles. The molecule has 1 atom stereocenters. The van der Waals surface area contributed by atoms with Gasteiger partial charge in [0.05, 0.1) is 33.9 Å². The van der Waals surface area contributed by atoms with Crippen LogP contribution in [0.4, 0.5) is 11.4 Å². The minimum Gasteiger partial charge on any atom is -0.481 e. The number of nitrogens with zero attached hydrogens (tertiary/aromatic N) is 2. The first-order valence-electron chi connectivity index (χ1n) is 18.3. The Bertz CT molecular complexity index is 2330. The lowest BCUT2D eigenvalue weighted by Crippen LogP contribution is -2.30. The van der Waals surface area contributed by atoms with Gasteiger partial charge in [0.2, 0.25) is 5.69 Å². The SMILES string of the molecule is CC1(C)C(/C=C/C=C/C=C/C=C2\N(CCCS(=O)(=O)O)c3ccc(S(=O)(=O)O)cc3C2(C)CCCCCC(=O)O)=[N+](CCCS(=O)(=O)O)c2ccc(SOOO)cc21. The monoisotopic (exact) mass is 885 g/mol. The molecule has 0 bridgehead atoms. The number of allylic oxidation sites excluding steroid dienone is 8. The molecular formula is C38H49N2O14S4+. The van der Waals surface area contributed by atoms with E-state index in [1.54, 1.807) is 36.4 Å². The highest BCUT2D eigenvalue weighted by Gasteiger charge is 2.45. The van der Waals surface area contributed by atoms with Crippen molar-refractivity contribution in [3.63, 3.8) is 0 Å². The van der Waals surface area contributed by atoms with Crippen molar-refractivity contribution in [2.24, 2.45) is 0 Å². The molecule has 0 saturated carbocycles. The van der Waals surface area contributed by atoms with Gasteiger partial charge in [0.25, 0.3) is 30.4 Å². The molecule has 2 heterocycles. The van der Waals surface area contributed by atoms with Gasteiger partial charge in [-0.05, 0) is 82.0 Å². The molecule has 2 aliphatic heterocycles. The third-order valence-corrected chi connectivity index (χ3v) is 13.2. The van der Waals surface area contributed by atoms with Crippen LogP contribution in [-0.2, 0) is 55.4 Å². The fourth-order valence-electron chi connectivity index (χ4n) is 7.43. The van der Waals surface area contributed by atoms with Crippen molar-refractivity contribution in [2.45, 2.75) is 86.3 Å². The van der Waals surface area contributed by atoms with Gasteiger partial charge in [0, 0.05) is 58.8 Å². The number of carboxylic acids is 1. The van der Waals surface area contributed by atoms with E-state index in [4.69, 9.17) is 10.4 Å². The van der Waals surface area contributed by atoms with Crippen molar-refractivity contribution in [1.29, 1.82) is 0 Å². The van der Waals surface area contributed by atoms with Crippen LogP contribution in [0.5, 0.6) is 0 Å². The predicted octanol–water partition coefficient (Wildman–Crippen LogP) is 6.66. The van der Waals surface area contributed by atoms with Crippen molar-refractivity contribution in [2.75, 3.05) is 29.5 Å². The molecule has 16 nitrogen and oxygen atoms in total. The van der Waals surface area contributed by atoms with Crippen LogP contribution in [0, 0.1) is 0 Å². The fourth-order valence-corrected chi connectivity index (χ4v) is 9.32. The van der Waals surface area contributed by atoms with Gasteiger partial charge in [0.1, 0.15) is 6.54 Å². The van der Waals surface area contributed by atoms with E-state index in [2.05, 4.69) is 9.37 Å². The average Bonchev–Trinajstić information content (AvgIpc) is 3.47. The Labute approximate surface area is 343 Å². The molecule has 0 aromatic heterocycles. The number of hydrogen-bond donors (Lipinski definition) is 5. The van der Waals surface area contributed by atoms with Crippen LogP contribution in [0.3, 0.4) is 0 Å². The number of carboxylic acid groups (broad SMARTS) is 1. The van der Waals surface area contributed by atoms with Crippen molar-refractivity contribution in [3.8, 4) is 0 Å². The van der Waals surface area contributed by atoms with E-state index >= 15 is 0 Å². The minimum atomic E-state index is -4.57. The third-order valence-electron chi connectivity index (χ3n) is 10.1. The predicted molar refractivity (Wildman–Crippen MR) is 219 cm³/mol. The summed E-state index contributed by atoms with van der Waals surface area (Å²) in [6.45, 7) is 6.37. The lowest BCUT2D eigenvalue weighted by Gasteiger charge is -2.30. The Morgan fingerprint density at radius 1 is 0.828 bits per heavy atom. The standard InChI is InChI=1S/C38H48N2O14S4/c1-37(2)30-26-28(55-54-53-43)17-19-32(30)39(22-12-24-56(44,45)46)34(37)14-8-5-4-6-9-15-35-38(3,21-11-7-10-16-36(41)42)31-27-29(58(50,51)52)18-20-33(31)40(35)23-13-25-57(47,48)49/h4-6,8-9,14-15,17-20,26-27H,7,10-13,16,21-25H2,1-3H3,(H4-,41,42,43,44,45,46,47,48,49,50,51,52)/p+1. The summed E-state index contributed by atoms with van der Waals surface area (Å²) in [5.74, 6) is -1.83. The zero-order valence-corrected chi connectivity index (χ0v) is 35.5. The van der Waals surface area contributed by atoms with E-state index in [0.29, 0.717) is 54.1 Å². The van der Waals surface area contributed by atoms with E-state index in [9.17, 15) is 43.7 Å². The Morgan fingerprint density at radius 2 is 1.50 bits per heavy atom. The number of hydrogen-bond acceptors (Lipinski definition) is 12. The van der Waals surface area contributed by atoms with Crippen LogP contribution in [0.25, 0.3) is 0 Å². The Hall–Kier alpha value is -3.70. The third kappa shape index (κ3) is 12.4. The minimum absolute atomic E-state index is 0.000710. The highest BCUT2D eigenvalue weighted by Crippen LogP contribution is 2.51. The normalized spacial score (nSPS) is 19.0. The first kappa shape index (κ1) is 47.0. The molecule has 2 aliphatic rings. The maximum atomic E-state index is 12.2. The highest BCUT2D eigenvalue weighted by molar-refractivity contribution is 7.94. The Balaban J connectivity index is 1.66. The second-order valence-electron chi connectivity index (χ2n) is 14.6. The summed E-state index contributed by atoms with van der Waals surface area (Å²) >= 11 is 0.813. The van der Waals surface area contributed by atoms with Crippen molar-refractivity contribution < 1.29 is 68.0 Å². The molecule has 0 aliphatic carbocycles. The molecule has 1 unspecified atom stereocenters. The quantitative estimate of drug-likeness (QED) is 0.0158. The summed E-state index contributed by atoms with van der Waals surface area (Å²) in [7, 11) is -13.0. The number of fused-ring (bicyclic) bond motifs is 2. The van der Waals surface area contributed by atoms with Crippen LogP contribution < -0.4 is 4.90 Å². The molecule has 5 N–H and O–H groups in total. The second-order valence-corrected chi connectivity index (χ2v) is 20.0. The van der Waals surface area contributed by atoms with Crippen LogP contribution in [0.1, 0.15) is 76.8 Å². The zero-order chi connectivity index (χ0) is 42.9. The number of unbranched alkanes of at least 4 members (excludes halogenated alkanes) is 2. The van der Waals surface area contributed by atoms with Gasteiger partial charge >= 0.3 is 5.97 Å². The van der Waals surface area contributed by atoms with Crippen LogP contribution in [0.2, 0.25) is 0 Å². The van der Waals surface area contributed by atoms with Crippen LogP contribution >= 0.6 is 12.0 Å². The molecule has 2 aromatic rings. The first-order valence-corrected chi connectivity index (χ1v) is 23.7. The molecule has 4 rings (SSSR count). The number of rotatable bonds is 22. The molecule has 318 valence electrons. The fraction of sp³-hybridized carbons (Fsp3) is 0.421. The largest absolute Gasteiger partial charge is 0.481 e. The van der Waals surface area contributed by atoms with Crippen molar-refractivity contribution >= 4 is 65.5 Å². The van der Waals surface area contributed by atoms with Gasteiger partial charge in [0.15, 0.2) is 5.71 Å². The van der Waals surface area contributed by atoms with Crippen molar-refractivity contribution in [3.05, 3.63) is 95.8 Å². The molecule has 0 amide bonds. The first-order chi connectivity index (χ1) is 27.1. The Kier molecular flexibility index (Phi) is 15.9. The lowest BCUT2D eigenvalue weighted by molar-refractivity contribution is -0.437. The highest BCUT2D eigenvalue weighted by atomic mass is 32.2. The summed E-state index contributed by atoms with van der Waals surface area (Å²) < 4.78 is 106. The van der Waals surface area contributed by atoms with Gasteiger partial charge in [-0.2, -0.15) is 29.8 Å². The van der Waals surface area contributed by atoms with E-state index in [-0.39, 0.29) is 30.7 Å². The molecule has 0 saturated heterocycles. The molecule has 0 fully saturated rings. The van der Waals surface area contributed by atoms with E-state index in [0.717, 1.165) is 29.0 Å². The summed E-state index contributed by atoms with van der Waals surface area (Å²) in [6.07, 6.45) is 14.9. The number of benzene rings is 2. The summed E-state index contributed by atoms with van der Waals surface area (Å²) in [5.41, 5.74) is 3.10. The smallest absolute Gasteiger partial charge is 0.303 e. The van der Waals surface area contributed by atoms with Crippen molar-refractivity contribution in [1.82, 2.24) is 0 Å². The number of anilines is 1. The lowest BCUT2D eigenvalue weighted by atomic mass is 9.77. The molecule has 0 spiro atoms. The maximum Gasteiger partial charge on any atom is 0.303 e. The van der Waals surface area contributed by atoms with Crippen LogP contribution in [-0.4, -0.2) is 90.1 Å². The summed E-state index contributed by atoms with van der Waals surface area (Å²) in [6, 6.07) is 9.70.